The van der Waals surface area contributed by atoms with Crippen LogP contribution in [0.3, 0.4) is 0 Å². The van der Waals surface area contributed by atoms with E-state index in [4.69, 9.17) is 21.1 Å². The molecule has 2 amide bonds. The summed E-state index contributed by atoms with van der Waals surface area (Å²) in [6, 6.07) is 3.73. The molecule has 2 aliphatic heterocycles. The van der Waals surface area contributed by atoms with Crippen molar-refractivity contribution >= 4 is 29.3 Å². The number of hydrogen-bond acceptors (Lipinski definition) is 6. The average molecular weight is 493 g/mol. The summed E-state index contributed by atoms with van der Waals surface area (Å²) in [6.07, 6.45) is 5.64. The number of alkyl carbamates (subject to hydrolysis) is 1. The molecule has 1 aromatic rings. The SMILES string of the molecule is COc1cc2cc(c1Cl)N(C)C(=O)CCC[C@@H](O)C[C@@H]1C[C@](O)(C/C=C/C=C(\C)C2)NC(=O)O1. The zero-order valence-corrected chi connectivity index (χ0v) is 20.6. The van der Waals surface area contributed by atoms with E-state index in [1.54, 1.807) is 13.1 Å². The molecule has 4 bridgehead atoms. The van der Waals surface area contributed by atoms with Gasteiger partial charge in [-0.15, -0.1) is 0 Å². The number of nitrogens with zero attached hydrogens (tertiary/aromatic N) is 1. The number of halogens is 1. The van der Waals surface area contributed by atoms with E-state index >= 15 is 0 Å². The number of fused-ring (bicyclic) bond motifs is 4. The minimum absolute atomic E-state index is 0.135. The number of carbonyl (C=O) groups is 2. The van der Waals surface area contributed by atoms with Gasteiger partial charge in [-0.25, -0.2) is 4.79 Å². The topological polar surface area (TPSA) is 108 Å². The Morgan fingerprint density at radius 2 is 2.09 bits per heavy atom. The van der Waals surface area contributed by atoms with Gasteiger partial charge in [0.1, 0.15) is 22.6 Å². The second kappa shape index (κ2) is 11.3. The van der Waals surface area contributed by atoms with Gasteiger partial charge in [0, 0.05) is 32.7 Å². The van der Waals surface area contributed by atoms with E-state index in [0.717, 1.165) is 11.1 Å². The monoisotopic (exact) mass is 492 g/mol. The Labute approximate surface area is 205 Å². The fraction of sp³-hybridized carbons (Fsp3) is 0.520. The van der Waals surface area contributed by atoms with Crippen molar-refractivity contribution in [2.45, 2.75) is 69.8 Å². The lowest BCUT2D eigenvalue weighted by atomic mass is 9.95. The molecule has 8 nitrogen and oxygen atoms in total. The molecule has 2 heterocycles. The number of benzene rings is 1. The summed E-state index contributed by atoms with van der Waals surface area (Å²) in [5.41, 5.74) is 1.10. The number of aliphatic hydroxyl groups is 2. The van der Waals surface area contributed by atoms with Gasteiger partial charge in [-0.1, -0.05) is 35.4 Å². The van der Waals surface area contributed by atoms with E-state index < -0.39 is 24.0 Å². The number of allylic oxidation sites excluding steroid dienone is 3. The van der Waals surface area contributed by atoms with Crippen LogP contribution in [0.5, 0.6) is 5.75 Å². The van der Waals surface area contributed by atoms with Crippen molar-refractivity contribution in [2.24, 2.45) is 0 Å². The molecule has 0 aliphatic carbocycles. The van der Waals surface area contributed by atoms with Crippen molar-refractivity contribution in [3.05, 3.63) is 46.5 Å². The number of amides is 2. The van der Waals surface area contributed by atoms with Crippen LogP contribution in [0, 0.1) is 0 Å². The molecule has 0 aromatic heterocycles. The number of aliphatic hydroxyl groups excluding tert-OH is 1. The average Bonchev–Trinajstić information content (AvgIpc) is 2.76. The smallest absolute Gasteiger partial charge is 0.409 e. The minimum atomic E-state index is -1.45. The van der Waals surface area contributed by atoms with Crippen LogP contribution in [0.4, 0.5) is 10.5 Å². The highest BCUT2D eigenvalue weighted by Gasteiger charge is 2.39. The van der Waals surface area contributed by atoms with E-state index in [9.17, 15) is 19.8 Å². The molecule has 3 atom stereocenters. The maximum Gasteiger partial charge on any atom is 0.409 e. The van der Waals surface area contributed by atoms with Gasteiger partial charge in [-0.3, -0.25) is 10.1 Å². The van der Waals surface area contributed by atoms with Crippen LogP contribution in [0.2, 0.25) is 5.02 Å². The standard InChI is InChI=1S/C25H33ClN2O6/c1-16-7-4-5-10-25(32)15-19(34-24(31)27-25)14-18(29)8-6-9-22(30)28(2)20-12-17(11-16)13-21(33-3)23(20)26/h4-5,7,12-13,18-19,29,32H,6,8-11,14-15H2,1-3H3,(H,27,31)/b5-4+,16-7+/t18-,19-,25-/m1/s1. The van der Waals surface area contributed by atoms with Crippen LogP contribution in [0.15, 0.2) is 35.9 Å². The van der Waals surface area contributed by atoms with Crippen molar-refractivity contribution in [1.29, 1.82) is 0 Å². The molecule has 1 aromatic carbocycles. The van der Waals surface area contributed by atoms with Crippen molar-refractivity contribution in [3.8, 4) is 5.75 Å². The van der Waals surface area contributed by atoms with Crippen LogP contribution < -0.4 is 15.0 Å². The molecule has 34 heavy (non-hydrogen) atoms. The highest BCUT2D eigenvalue weighted by atomic mass is 35.5. The molecule has 2 aliphatic rings. The number of anilines is 1. The Kier molecular flexibility index (Phi) is 8.62. The van der Waals surface area contributed by atoms with Crippen LogP contribution in [0.25, 0.3) is 0 Å². The summed E-state index contributed by atoms with van der Waals surface area (Å²) >= 11 is 6.51. The first-order valence-electron chi connectivity index (χ1n) is 11.4. The molecule has 0 radical (unpaired) electrons. The van der Waals surface area contributed by atoms with Crippen molar-refractivity contribution in [3.63, 3.8) is 0 Å². The third-order valence-electron chi connectivity index (χ3n) is 6.13. The van der Waals surface area contributed by atoms with Gasteiger partial charge in [-0.2, -0.15) is 0 Å². The molecule has 0 saturated carbocycles. The van der Waals surface area contributed by atoms with Crippen molar-refractivity contribution < 1.29 is 29.3 Å². The third kappa shape index (κ3) is 6.74. The van der Waals surface area contributed by atoms with Crippen LogP contribution >= 0.6 is 11.6 Å². The Morgan fingerprint density at radius 3 is 2.82 bits per heavy atom. The summed E-state index contributed by atoms with van der Waals surface area (Å²) in [4.78, 5) is 26.3. The summed E-state index contributed by atoms with van der Waals surface area (Å²) < 4.78 is 10.7. The Bertz CT molecular complexity index is 978. The van der Waals surface area contributed by atoms with Crippen molar-refractivity contribution in [2.75, 3.05) is 19.1 Å². The van der Waals surface area contributed by atoms with Gasteiger partial charge < -0.3 is 24.6 Å². The number of nitrogens with one attached hydrogen (secondary N) is 1. The lowest BCUT2D eigenvalue weighted by Gasteiger charge is -2.37. The molecular formula is C25H33ClN2O6. The van der Waals surface area contributed by atoms with Gasteiger partial charge in [0.05, 0.1) is 18.9 Å². The van der Waals surface area contributed by atoms with E-state index in [2.05, 4.69) is 5.32 Å². The molecule has 3 N–H and O–H groups in total. The zero-order valence-electron chi connectivity index (χ0n) is 19.8. The first kappa shape index (κ1) is 26.1. The lowest BCUT2D eigenvalue weighted by Crippen LogP contribution is -2.56. The molecule has 3 rings (SSSR count). The first-order valence-corrected chi connectivity index (χ1v) is 11.8. The number of rotatable bonds is 1. The van der Waals surface area contributed by atoms with E-state index in [1.165, 1.54) is 12.0 Å². The Balaban J connectivity index is 1.90. The molecule has 1 fully saturated rings. The highest BCUT2D eigenvalue weighted by Crippen LogP contribution is 2.37. The largest absolute Gasteiger partial charge is 0.495 e. The normalized spacial score (nSPS) is 29.5. The van der Waals surface area contributed by atoms with Gasteiger partial charge in [0.15, 0.2) is 0 Å². The second-order valence-electron chi connectivity index (χ2n) is 9.08. The van der Waals surface area contributed by atoms with Crippen LogP contribution in [-0.2, 0) is 16.0 Å². The molecule has 9 heteroatoms. The Morgan fingerprint density at radius 1 is 1.32 bits per heavy atom. The van der Waals surface area contributed by atoms with Gasteiger partial charge in [-0.05, 0) is 43.9 Å². The van der Waals surface area contributed by atoms with Crippen LogP contribution in [0.1, 0.15) is 51.0 Å². The van der Waals surface area contributed by atoms with E-state index in [1.807, 2.05) is 31.2 Å². The molecule has 0 unspecified atom stereocenters. The fourth-order valence-corrected chi connectivity index (χ4v) is 4.64. The third-order valence-corrected chi connectivity index (χ3v) is 6.51. The lowest BCUT2D eigenvalue weighted by molar-refractivity contribution is -0.118. The van der Waals surface area contributed by atoms with Crippen LogP contribution in [-0.4, -0.2) is 54.3 Å². The first-order chi connectivity index (χ1) is 16.1. The summed E-state index contributed by atoms with van der Waals surface area (Å²) in [5.74, 6) is 0.354. The molecule has 0 spiro atoms. The maximum absolute atomic E-state index is 12.9. The predicted octanol–water partition coefficient (Wildman–Crippen LogP) is 3.87. The van der Waals surface area contributed by atoms with Crippen molar-refractivity contribution in [1.82, 2.24) is 5.32 Å². The van der Waals surface area contributed by atoms with Gasteiger partial charge >= 0.3 is 6.09 Å². The number of methoxy groups -OCH3 is 1. The van der Waals surface area contributed by atoms with E-state index in [-0.39, 0.29) is 31.6 Å². The maximum atomic E-state index is 12.9. The van der Waals surface area contributed by atoms with Gasteiger partial charge in [0.25, 0.3) is 0 Å². The zero-order chi connectivity index (χ0) is 24.9. The second-order valence-corrected chi connectivity index (χ2v) is 9.45. The minimum Gasteiger partial charge on any atom is -0.495 e. The van der Waals surface area contributed by atoms with Gasteiger partial charge in [0.2, 0.25) is 5.91 Å². The Hall–Kier alpha value is -2.55. The quantitative estimate of drug-likeness (QED) is 0.549. The number of carbonyl (C=O) groups excluding carboxylic acids is 2. The molecule has 186 valence electrons. The predicted molar refractivity (Wildman–Crippen MR) is 130 cm³/mol. The fourth-order valence-electron chi connectivity index (χ4n) is 4.33. The summed E-state index contributed by atoms with van der Waals surface area (Å²) in [7, 11) is 3.21. The summed E-state index contributed by atoms with van der Waals surface area (Å²) in [6.45, 7) is 1.98. The van der Waals surface area contributed by atoms with E-state index in [0.29, 0.717) is 35.7 Å². The molecule has 1 saturated heterocycles. The molecular weight excluding hydrogens is 460 g/mol. The number of hydrogen-bond donors (Lipinski definition) is 3. The summed E-state index contributed by atoms with van der Waals surface area (Å²) in [5, 5.41) is 24.1. The number of ether oxygens (including phenoxy) is 2. The highest BCUT2D eigenvalue weighted by molar-refractivity contribution is 6.35.